The van der Waals surface area contributed by atoms with Crippen molar-refractivity contribution in [1.82, 2.24) is 10.6 Å². The molecule has 0 saturated heterocycles. The molecule has 0 fully saturated rings. The van der Waals surface area contributed by atoms with E-state index < -0.39 is 6.03 Å². The number of halogens is 3. The van der Waals surface area contributed by atoms with Crippen LogP contribution in [0.15, 0.2) is 28.3 Å². The number of hydrogen-bond donors (Lipinski definition) is 3. The molecule has 0 atom stereocenters. The molecule has 8 heteroatoms. The van der Waals surface area contributed by atoms with Gasteiger partial charge in [0.2, 0.25) is 5.96 Å². The average molecular weight is 326 g/mol. The van der Waals surface area contributed by atoms with Crippen molar-refractivity contribution in [2.75, 3.05) is 0 Å². The van der Waals surface area contributed by atoms with Crippen molar-refractivity contribution in [1.29, 1.82) is 0 Å². The molecular weight excluding hydrogens is 314 g/mol. The third-order valence-electron chi connectivity index (χ3n) is 1.67. The molecule has 0 heterocycles. The van der Waals surface area contributed by atoms with Gasteiger partial charge in [0, 0.05) is 6.54 Å². The average Bonchev–Trinajstić information content (AvgIpc) is 2.26. The van der Waals surface area contributed by atoms with Crippen LogP contribution >= 0.6 is 28.6 Å². The maximum atomic E-state index is 12.8. The number of benzene rings is 1. The molecule has 0 saturated carbocycles. The van der Waals surface area contributed by atoms with Gasteiger partial charge in [0.25, 0.3) is 0 Å². The summed E-state index contributed by atoms with van der Waals surface area (Å²) in [7, 11) is 0. The lowest BCUT2D eigenvalue weighted by atomic mass is 10.2. The number of rotatable bonds is 2. The van der Waals surface area contributed by atoms with Crippen molar-refractivity contribution in [2.24, 2.45) is 9.75 Å². The van der Waals surface area contributed by atoms with Crippen molar-refractivity contribution in [2.45, 2.75) is 6.54 Å². The summed E-state index contributed by atoms with van der Waals surface area (Å²) in [4.78, 5) is 11.2. The molecule has 1 aromatic rings. The van der Waals surface area contributed by atoms with E-state index in [1.807, 2.05) is 0 Å². The molecule has 94 valence electrons. The van der Waals surface area contributed by atoms with Crippen LogP contribution in [0.4, 0.5) is 9.18 Å². The monoisotopic (exact) mass is 324 g/mol. The Balaban J connectivity index is 0.00000256. The van der Waals surface area contributed by atoms with Gasteiger partial charge in [0.05, 0.1) is 16.1 Å². The second-order valence-corrected chi connectivity index (χ2v) is 3.26. The van der Waals surface area contributed by atoms with Gasteiger partial charge >= 0.3 is 6.03 Å². The van der Waals surface area contributed by atoms with Gasteiger partial charge in [0.15, 0.2) is 0 Å². The second kappa shape index (κ2) is 7.86. The highest BCUT2D eigenvalue weighted by Crippen LogP contribution is 2.02. The van der Waals surface area contributed by atoms with Gasteiger partial charge in [-0.3, -0.25) is 5.32 Å². The molecule has 17 heavy (non-hydrogen) atoms. The molecule has 0 bridgehead atoms. The summed E-state index contributed by atoms with van der Waals surface area (Å²) in [5.41, 5.74) is 5.90. The highest BCUT2D eigenvalue weighted by atomic mass is 79.9. The minimum Gasteiger partial charge on any atom is -0.369 e. The van der Waals surface area contributed by atoms with E-state index in [-0.39, 0.29) is 30.7 Å². The zero-order valence-electron chi connectivity index (χ0n) is 8.61. The zero-order valence-corrected chi connectivity index (χ0v) is 11.0. The lowest BCUT2D eigenvalue weighted by molar-refractivity contribution is 0.245. The summed E-state index contributed by atoms with van der Waals surface area (Å²) in [6.45, 7) is 0.207. The maximum Gasteiger partial charge on any atom is 0.321 e. The summed E-state index contributed by atoms with van der Waals surface area (Å²) in [6.07, 6.45) is 0. The lowest BCUT2D eigenvalue weighted by Crippen LogP contribution is -2.42. The topological polar surface area (TPSA) is 79.5 Å². The van der Waals surface area contributed by atoms with E-state index in [9.17, 15) is 9.18 Å². The van der Waals surface area contributed by atoms with E-state index >= 15 is 0 Å². The van der Waals surface area contributed by atoms with Crippen molar-refractivity contribution in [3.05, 3.63) is 35.6 Å². The molecule has 2 amide bonds. The van der Waals surface area contributed by atoms with E-state index in [0.717, 1.165) is 0 Å². The predicted octanol–water partition coefficient (Wildman–Crippen LogP) is 1.67. The SMILES string of the molecule is Cl.N/C(=N\Br)NC(=O)NCc1cccc(F)c1. The van der Waals surface area contributed by atoms with Crippen LogP contribution in [0.3, 0.4) is 0 Å². The van der Waals surface area contributed by atoms with E-state index in [1.54, 1.807) is 12.1 Å². The molecule has 0 spiro atoms. The standard InChI is InChI=1S/C9H10BrFN4O.ClH/c10-15-8(12)14-9(16)13-5-6-2-1-3-7(11)4-6;/h1-4H,5H2,(H4,12,13,14,15,16);1H. The summed E-state index contributed by atoms with van der Waals surface area (Å²) >= 11 is 2.72. The molecule has 4 N–H and O–H groups in total. The van der Waals surface area contributed by atoms with Gasteiger partial charge in [-0.05, 0) is 17.7 Å². The largest absolute Gasteiger partial charge is 0.369 e. The molecule has 0 aliphatic rings. The fourth-order valence-electron chi connectivity index (χ4n) is 1.01. The first-order chi connectivity index (χ1) is 7.61. The summed E-state index contributed by atoms with van der Waals surface area (Å²) < 4.78 is 16.2. The van der Waals surface area contributed by atoms with Crippen LogP contribution in [0.5, 0.6) is 0 Å². The van der Waals surface area contributed by atoms with Crippen molar-refractivity contribution in [3.63, 3.8) is 0 Å². The maximum absolute atomic E-state index is 12.8. The number of hydrogen-bond acceptors (Lipinski definition) is 2. The molecule has 1 aromatic carbocycles. The molecule has 0 aromatic heterocycles. The molecule has 5 nitrogen and oxygen atoms in total. The predicted molar refractivity (Wildman–Crippen MR) is 69.6 cm³/mol. The summed E-state index contributed by atoms with van der Waals surface area (Å²) in [5.74, 6) is -0.405. The first kappa shape index (κ1) is 15.7. The van der Waals surface area contributed by atoms with Crippen LogP contribution in [-0.2, 0) is 6.54 Å². The second-order valence-electron chi connectivity index (χ2n) is 2.91. The molecule has 0 aliphatic heterocycles. The summed E-state index contributed by atoms with van der Waals surface area (Å²) in [6, 6.07) is 5.43. The van der Waals surface area contributed by atoms with Crippen LogP contribution in [0.2, 0.25) is 0 Å². The first-order valence-corrected chi connectivity index (χ1v) is 5.06. The quantitative estimate of drug-likeness (QED) is 0.571. The molecule has 0 radical (unpaired) electrons. The van der Waals surface area contributed by atoms with Crippen LogP contribution in [0.25, 0.3) is 0 Å². The van der Waals surface area contributed by atoms with Crippen molar-refractivity contribution < 1.29 is 9.18 Å². The van der Waals surface area contributed by atoms with Gasteiger partial charge in [-0.1, -0.05) is 12.1 Å². The van der Waals surface area contributed by atoms with E-state index in [1.165, 1.54) is 12.1 Å². The molecule has 1 rings (SSSR count). The van der Waals surface area contributed by atoms with Crippen LogP contribution < -0.4 is 16.4 Å². The minimum atomic E-state index is -0.509. The fourth-order valence-corrected chi connectivity index (χ4v) is 1.10. The van der Waals surface area contributed by atoms with Gasteiger partial charge in [-0.25, -0.2) is 9.18 Å². The number of nitrogens with one attached hydrogen (secondary N) is 2. The van der Waals surface area contributed by atoms with Gasteiger partial charge in [-0.15, -0.1) is 12.4 Å². The number of guanidine groups is 1. The number of amides is 2. The smallest absolute Gasteiger partial charge is 0.321 e. The van der Waals surface area contributed by atoms with Gasteiger partial charge in [0.1, 0.15) is 5.82 Å². The fraction of sp³-hybridized carbons (Fsp3) is 0.111. The first-order valence-electron chi connectivity index (χ1n) is 4.35. The van der Waals surface area contributed by atoms with Crippen LogP contribution in [-0.4, -0.2) is 12.0 Å². The van der Waals surface area contributed by atoms with Gasteiger partial charge < -0.3 is 11.1 Å². The third kappa shape index (κ3) is 6.08. The summed E-state index contributed by atoms with van der Waals surface area (Å²) in [5, 5.41) is 4.74. The Hall–Kier alpha value is -1.34. The Morgan fingerprint density at radius 2 is 2.24 bits per heavy atom. The Bertz CT molecular complexity index is 416. The Morgan fingerprint density at radius 3 is 2.82 bits per heavy atom. The van der Waals surface area contributed by atoms with E-state index in [0.29, 0.717) is 5.56 Å². The highest BCUT2D eigenvalue weighted by molar-refractivity contribution is 9.08. The Morgan fingerprint density at radius 1 is 1.53 bits per heavy atom. The highest BCUT2D eigenvalue weighted by Gasteiger charge is 2.02. The van der Waals surface area contributed by atoms with Crippen LogP contribution in [0.1, 0.15) is 5.56 Å². The number of carbonyl (C=O) groups excluding carboxylic acids is 1. The van der Waals surface area contributed by atoms with E-state index in [2.05, 4.69) is 30.8 Å². The Kier molecular flexibility index (Phi) is 7.24. The van der Waals surface area contributed by atoms with E-state index in [4.69, 9.17) is 5.73 Å². The molecular formula is C9H11BrClFN4O. The number of nitrogens with zero attached hydrogens (tertiary/aromatic N) is 1. The van der Waals surface area contributed by atoms with Crippen LogP contribution in [0, 0.1) is 5.82 Å². The Labute approximate surface area is 112 Å². The number of carbonyl (C=O) groups is 1. The minimum absolute atomic E-state index is 0. The third-order valence-corrected chi connectivity index (χ3v) is 2.06. The van der Waals surface area contributed by atoms with Crippen molar-refractivity contribution in [3.8, 4) is 0 Å². The normalized spacial score (nSPS) is 10.4. The molecule has 0 unspecified atom stereocenters. The number of urea groups is 1. The number of nitrogens with two attached hydrogens (primary N) is 1. The molecule has 0 aliphatic carbocycles. The van der Waals surface area contributed by atoms with Gasteiger partial charge in [-0.2, -0.15) is 4.02 Å². The lowest BCUT2D eigenvalue weighted by Gasteiger charge is -2.06. The van der Waals surface area contributed by atoms with Crippen molar-refractivity contribution >= 4 is 40.5 Å². The zero-order chi connectivity index (χ0) is 12.0.